The molecule has 29 heavy (non-hydrogen) atoms. The lowest BCUT2D eigenvalue weighted by molar-refractivity contribution is -0.161. The van der Waals surface area contributed by atoms with Crippen molar-refractivity contribution < 1.29 is 19.1 Å². The SMILES string of the molecule is CC(C)(C)OC(=O)C1CCC(N=C(N)N2CCN(C(=O)OC(C)(C)C)CC2)CC1. The Labute approximate surface area is 174 Å². The van der Waals surface area contributed by atoms with Crippen LogP contribution in [-0.4, -0.2) is 71.2 Å². The molecule has 0 atom stereocenters. The molecule has 2 rings (SSSR count). The molecule has 0 spiro atoms. The van der Waals surface area contributed by atoms with Crippen molar-refractivity contribution in [2.24, 2.45) is 16.6 Å². The van der Waals surface area contributed by atoms with Gasteiger partial charge in [0.1, 0.15) is 11.2 Å². The van der Waals surface area contributed by atoms with Gasteiger partial charge in [-0.3, -0.25) is 4.79 Å². The minimum atomic E-state index is -0.493. The number of piperazine rings is 1. The van der Waals surface area contributed by atoms with Gasteiger partial charge in [0, 0.05) is 26.2 Å². The molecule has 0 aromatic heterocycles. The Kier molecular flexibility index (Phi) is 7.40. The van der Waals surface area contributed by atoms with Crippen molar-refractivity contribution in [2.75, 3.05) is 26.2 Å². The third kappa shape index (κ3) is 7.74. The first-order valence-electron chi connectivity index (χ1n) is 10.6. The summed E-state index contributed by atoms with van der Waals surface area (Å²) in [6.45, 7) is 13.7. The molecule has 0 bridgehead atoms. The predicted octanol–water partition coefficient (Wildman–Crippen LogP) is 2.75. The minimum Gasteiger partial charge on any atom is -0.460 e. The fourth-order valence-electron chi connectivity index (χ4n) is 3.54. The van der Waals surface area contributed by atoms with Crippen LogP contribution in [0.25, 0.3) is 0 Å². The number of carbonyl (C=O) groups excluding carboxylic acids is 2. The molecule has 0 aromatic rings. The van der Waals surface area contributed by atoms with E-state index in [1.165, 1.54) is 0 Å². The number of aliphatic imine (C=N–C) groups is 1. The maximum atomic E-state index is 12.2. The summed E-state index contributed by atoms with van der Waals surface area (Å²) in [5, 5.41) is 0. The van der Waals surface area contributed by atoms with Crippen LogP contribution in [0.1, 0.15) is 67.2 Å². The molecular formula is C21H38N4O4. The highest BCUT2D eigenvalue weighted by Gasteiger charge is 2.31. The number of ether oxygens (including phenoxy) is 2. The van der Waals surface area contributed by atoms with Crippen molar-refractivity contribution in [1.82, 2.24) is 9.80 Å². The first-order valence-corrected chi connectivity index (χ1v) is 10.6. The highest BCUT2D eigenvalue weighted by atomic mass is 16.6. The monoisotopic (exact) mass is 410 g/mol. The van der Waals surface area contributed by atoms with Gasteiger partial charge < -0.3 is 25.0 Å². The zero-order valence-electron chi connectivity index (χ0n) is 18.9. The second-order valence-electron chi connectivity index (χ2n) is 9.98. The first-order chi connectivity index (χ1) is 13.3. The summed E-state index contributed by atoms with van der Waals surface area (Å²) in [6, 6.07) is 0.137. The van der Waals surface area contributed by atoms with E-state index in [2.05, 4.69) is 0 Å². The van der Waals surface area contributed by atoms with E-state index in [0.717, 1.165) is 25.7 Å². The van der Waals surface area contributed by atoms with Gasteiger partial charge >= 0.3 is 12.1 Å². The van der Waals surface area contributed by atoms with Gasteiger partial charge in [-0.1, -0.05) is 0 Å². The van der Waals surface area contributed by atoms with Gasteiger partial charge in [-0.05, 0) is 67.2 Å². The van der Waals surface area contributed by atoms with E-state index < -0.39 is 11.2 Å². The Morgan fingerprint density at radius 1 is 0.828 bits per heavy atom. The van der Waals surface area contributed by atoms with E-state index in [1.807, 2.05) is 46.4 Å². The number of esters is 1. The van der Waals surface area contributed by atoms with E-state index in [4.69, 9.17) is 20.2 Å². The molecule has 0 radical (unpaired) electrons. The fraction of sp³-hybridized carbons (Fsp3) is 0.857. The lowest BCUT2D eigenvalue weighted by atomic mass is 9.86. The molecule has 1 aliphatic carbocycles. The number of hydrogen-bond acceptors (Lipinski definition) is 5. The molecule has 8 nitrogen and oxygen atoms in total. The lowest BCUT2D eigenvalue weighted by Crippen LogP contribution is -2.53. The van der Waals surface area contributed by atoms with Crippen molar-refractivity contribution >= 4 is 18.0 Å². The van der Waals surface area contributed by atoms with E-state index >= 15 is 0 Å². The summed E-state index contributed by atoms with van der Waals surface area (Å²) in [4.78, 5) is 32.8. The summed E-state index contributed by atoms with van der Waals surface area (Å²) in [5.74, 6) is 0.375. The molecule has 0 unspecified atom stereocenters. The van der Waals surface area contributed by atoms with Crippen LogP contribution in [0.4, 0.5) is 4.79 Å². The number of carbonyl (C=O) groups is 2. The van der Waals surface area contributed by atoms with Crippen molar-refractivity contribution in [2.45, 2.75) is 84.5 Å². The molecule has 166 valence electrons. The molecule has 2 fully saturated rings. The Bertz CT molecular complexity index is 605. The Morgan fingerprint density at radius 3 is 1.79 bits per heavy atom. The number of hydrogen-bond donors (Lipinski definition) is 1. The highest BCUT2D eigenvalue weighted by Crippen LogP contribution is 2.28. The van der Waals surface area contributed by atoms with E-state index in [1.54, 1.807) is 4.90 Å². The molecule has 1 saturated heterocycles. The summed E-state index contributed by atoms with van der Waals surface area (Å²) < 4.78 is 10.9. The van der Waals surface area contributed by atoms with Gasteiger partial charge in [-0.2, -0.15) is 0 Å². The Balaban J connectivity index is 1.78. The third-order valence-corrected chi connectivity index (χ3v) is 5.01. The predicted molar refractivity (Wildman–Crippen MR) is 113 cm³/mol. The topological polar surface area (TPSA) is 97.5 Å². The summed E-state index contributed by atoms with van der Waals surface area (Å²) in [7, 11) is 0. The minimum absolute atomic E-state index is 0.0423. The van der Waals surface area contributed by atoms with Crippen molar-refractivity contribution in [3.05, 3.63) is 0 Å². The van der Waals surface area contributed by atoms with E-state index in [9.17, 15) is 9.59 Å². The highest BCUT2D eigenvalue weighted by molar-refractivity contribution is 5.79. The molecule has 1 saturated carbocycles. The van der Waals surface area contributed by atoms with Gasteiger partial charge in [0.2, 0.25) is 0 Å². The van der Waals surface area contributed by atoms with Crippen LogP contribution in [0.15, 0.2) is 4.99 Å². The van der Waals surface area contributed by atoms with E-state index in [-0.39, 0.29) is 24.0 Å². The normalized spacial score (nSPS) is 24.3. The van der Waals surface area contributed by atoms with Crippen LogP contribution in [0.2, 0.25) is 0 Å². The van der Waals surface area contributed by atoms with Crippen LogP contribution < -0.4 is 5.73 Å². The Hall–Kier alpha value is -1.99. The summed E-state index contributed by atoms with van der Waals surface area (Å²) in [5.41, 5.74) is 5.29. The van der Waals surface area contributed by atoms with Crippen molar-refractivity contribution in [3.8, 4) is 0 Å². The smallest absolute Gasteiger partial charge is 0.410 e. The molecule has 8 heteroatoms. The number of guanidine groups is 1. The zero-order valence-corrected chi connectivity index (χ0v) is 18.9. The molecule has 2 aliphatic rings. The Morgan fingerprint density at radius 2 is 1.31 bits per heavy atom. The van der Waals surface area contributed by atoms with Crippen molar-refractivity contribution in [3.63, 3.8) is 0 Å². The van der Waals surface area contributed by atoms with Crippen LogP contribution >= 0.6 is 0 Å². The molecule has 1 aliphatic heterocycles. The number of nitrogens with zero attached hydrogens (tertiary/aromatic N) is 3. The average Bonchev–Trinajstić information content (AvgIpc) is 2.59. The molecule has 0 aromatic carbocycles. The quantitative estimate of drug-likeness (QED) is 0.427. The standard InChI is InChI=1S/C21H38N4O4/c1-20(2,3)28-17(26)15-7-9-16(10-8-15)23-18(22)24-11-13-25(14-12-24)19(27)29-21(4,5)6/h15-16H,7-14H2,1-6H3,(H2,22,23). The zero-order chi connectivity index (χ0) is 21.8. The van der Waals surface area contributed by atoms with Gasteiger partial charge in [0.15, 0.2) is 5.96 Å². The van der Waals surface area contributed by atoms with Gasteiger partial charge in [-0.25, -0.2) is 9.79 Å². The first kappa shape index (κ1) is 23.3. The molecule has 1 amide bonds. The maximum Gasteiger partial charge on any atom is 0.410 e. The van der Waals surface area contributed by atoms with E-state index in [0.29, 0.717) is 32.1 Å². The average molecular weight is 411 g/mol. The second kappa shape index (κ2) is 9.22. The van der Waals surface area contributed by atoms with Crippen molar-refractivity contribution in [1.29, 1.82) is 0 Å². The largest absolute Gasteiger partial charge is 0.460 e. The van der Waals surface area contributed by atoms with Crippen LogP contribution in [0, 0.1) is 5.92 Å². The maximum absolute atomic E-state index is 12.2. The third-order valence-electron chi connectivity index (χ3n) is 5.01. The molecule has 2 N–H and O–H groups in total. The molecule has 1 heterocycles. The number of nitrogens with two attached hydrogens (primary N) is 1. The van der Waals surface area contributed by atoms with Crippen LogP contribution in [0.3, 0.4) is 0 Å². The molecular weight excluding hydrogens is 372 g/mol. The van der Waals surface area contributed by atoms with Crippen LogP contribution in [0.5, 0.6) is 0 Å². The number of amides is 1. The second-order valence-corrected chi connectivity index (χ2v) is 9.98. The number of rotatable bonds is 2. The van der Waals surface area contributed by atoms with Gasteiger partial charge in [0.25, 0.3) is 0 Å². The summed E-state index contributed by atoms with van der Waals surface area (Å²) in [6.07, 6.45) is 2.95. The lowest BCUT2D eigenvalue weighted by Gasteiger charge is -2.36. The van der Waals surface area contributed by atoms with Gasteiger partial charge in [-0.15, -0.1) is 0 Å². The van der Waals surface area contributed by atoms with Gasteiger partial charge in [0.05, 0.1) is 12.0 Å². The van der Waals surface area contributed by atoms with Crippen LogP contribution in [-0.2, 0) is 14.3 Å². The summed E-state index contributed by atoms with van der Waals surface area (Å²) >= 11 is 0. The fourth-order valence-corrected chi connectivity index (χ4v) is 3.54.